The van der Waals surface area contributed by atoms with Crippen molar-refractivity contribution in [1.82, 2.24) is 4.98 Å². The van der Waals surface area contributed by atoms with Crippen LogP contribution in [0.4, 0.5) is 0 Å². The third-order valence-corrected chi connectivity index (χ3v) is 3.72. The molecule has 0 atom stereocenters. The zero-order chi connectivity index (χ0) is 13.6. The van der Waals surface area contributed by atoms with Gasteiger partial charge in [0.1, 0.15) is 0 Å². The zero-order valence-corrected chi connectivity index (χ0v) is 11.1. The largest absolute Gasteiger partial charge is 0.495 e. The van der Waals surface area contributed by atoms with E-state index in [4.69, 9.17) is 9.31 Å². The van der Waals surface area contributed by atoms with E-state index >= 15 is 0 Å². The van der Waals surface area contributed by atoms with Crippen LogP contribution in [0.25, 0.3) is 0 Å². The van der Waals surface area contributed by atoms with E-state index in [1.54, 1.807) is 0 Å². The average Bonchev–Trinajstić information content (AvgIpc) is 2.48. The normalized spacial score (nSPS) is 21.3. The maximum Gasteiger partial charge on any atom is 0.495 e. The lowest BCUT2D eigenvalue weighted by molar-refractivity contribution is 0.00578. The fraction of sp³-hybridized carbons (Fsp3) is 0.583. The van der Waals surface area contributed by atoms with Crippen molar-refractivity contribution in [2.24, 2.45) is 0 Å². The predicted molar refractivity (Wildman–Crippen MR) is 68.7 cm³/mol. The number of aliphatic hydroxyl groups is 1. The first-order valence-corrected chi connectivity index (χ1v) is 5.95. The molecule has 18 heavy (non-hydrogen) atoms. The van der Waals surface area contributed by atoms with Crippen LogP contribution in [0.15, 0.2) is 17.1 Å². The van der Waals surface area contributed by atoms with Gasteiger partial charge in [0.15, 0.2) is 0 Å². The number of aromatic nitrogens is 1. The molecule has 2 N–H and O–H groups in total. The van der Waals surface area contributed by atoms with Crippen molar-refractivity contribution in [2.45, 2.75) is 45.5 Å². The summed E-state index contributed by atoms with van der Waals surface area (Å²) >= 11 is 0. The van der Waals surface area contributed by atoms with Crippen LogP contribution >= 0.6 is 0 Å². The van der Waals surface area contributed by atoms with Gasteiger partial charge in [-0.15, -0.1) is 0 Å². The van der Waals surface area contributed by atoms with Crippen LogP contribution < -0.4 is 11.0 Å². The van der Waals surface area contributed by atoms with Crippen molar-refractivity contribution in [2.75, 3.05) is 0 Å². The maximum atomic E-state index is 11.4. The molecule has 0 amide bonds. The summed E-state index contributed by atoms with van der Waals surface area (Å²) in [5.74, 6) is 0. The number of H-pyrrole nitrogens is 1. The Labute approximate surface area is 106 Å². The molecular formula is C12H18BNO4. The third kappa shape index (κ3) is 2.11. The molecule has 1 aliphatic rings. The summed E-state index contributed by atoms with van der Waals surface area (Å²) in [6.07, 6.45) is 1.49. The van der Waals surface area contributed by atoms with Crippen LogP contribution in [0.2, 0.25) is 0 Å². The first-order valence-electron chi connectivity index (χ1n) is 5.95. The summed E-state index contributed by atoms with van der Waals surface area (Å²) < 4.78 is 11.7. The van der Waals surface area contributed by atoms with Gasteiger partial charge >= 0.3 is 7.12 Å². The minimum atomic E-state index is -0.626. The Kier molecular flexibility index (Phi) is 3.13. The lowest BCUT2D eigenvalue weighted by atomic mass is 9.77. The Morgan fingerprint density at radius 1 is 1.28 bits per heavy atom. The molecule has 1 saturated heterocycles. The molecule has 1 aromatic rings. The molecule has 2 rings (SSSR count). The zero-order valence-electron chi connectivity index (χ0n) is 11.1. The van der Waals surface area contributed by atoms with Crippen LogP contribution in [-0.4, -0.2) is 28.4 Å². The van der Waals surface area contributed by atoms with E-state index in [9.17, 15) is 9.90 Å². The predicted octanol–water partition coefficient (Wildman–Crippen LogP) is 0.166. The molecule has 0 radical (unpaired) electrons. The smallest absolute Gasteiger partial charge is 0.399 e. The van der Waals surface area contributed by atoms with E-state index < -0.39 is 18.3 Å². The van der Waals surface area contributed by atoms with Gasteiger partial charge in [0.05, 0.1) is 17.8 Å². The summed E-state index contributed by atoms with van der Waals surface area (Å²) in [5.41, 5.74) is 0.0184. The highest BCUT2D eigenvalue weighted by molar-refractivity contribution is 6.62. The fourth-order valence-corrected chi connectivity index (χ4v) is 1.84. The number of hydrogen-bond acceptors (Lipinski definition) is 4. The number of rotatable bonds is 2. The van der Waals surface area contributed by atoms with Gasteiger partial charge in [-0.2, -0.15) is 0 Å². The first kappa shape index (κ1) is 13.3. The molecule has 5 nitrogen and oxygen atoms in total. The minimum Gasteiger partial charge on any atom is -0.399 e. The van der Waals surface area contributed by atoms with Crippen molar-refractivity contribution in [1.29, 1.82) is 0 Å². The van der Waals surface area contributed by atoms with Gasteiger partial charge in [0, 0.05) is 12.3 Å². The summed E-state index contributed by atoms with van der Waals surface area (Å²) in [6.45, 7) is 7.60. The van der Waals surface area contributed by atoms with E-state index in [-0.39, 0.29) is 12.2 Å². The fourth-order valence-electron chi connectivity index (χ4n) is 1.84. The van der Waals surface area contributed by atoms with Gasteiger partial charge in [0.2, 0.25) is 5.56 Å². The standard InChI is InChI=1S/C12H18BNO4/c1-11(2)12(3,4)18-13(17-11)9-5-10(16)14-6-8(9)7-15/h5-6,15H,7H2,1-4H3,(H,14,16). The summed E-state index contributed by atoms with van der Waals surface area (Å²) in [6, 6.07) is 1.41. The summed E-state index contributed by atoms with van der Waals surface area (Å²) in [7, 11) is -0.626. The minimum absolute atomic E-state index is 0.170. The topological polar surface area (TPSA) is 71.6 Å². The molecule has 0 aliphatic carbocycles. The third-order valence-electron chi connectivity index (χ3n) is 3.72. The quantitative estimate of drug-likeness (QED) is 0.735. The van der Waals surface area contributed by atoms with Crippen LogP contribution in [0, 0.1) is 0 Å². The molecule has 98 valence electrons. The van der Waals surface area contributed by atoms with E-state index in [1.165, 1.54) is 12.3 Å². The highest BCUT2D eigenvalue weighted by Gasteiger charge is 2.52. The number of hydrogen-bond donors (Lipinski definition) is 2. The molecule has 1 aliphatic heterocycles. The molecule has 2 heterocycles. The summed E-state index contributed by atoms with van der Waals surface area (Å²) in [5, 5.41) is 9.30. The molecule has 0 unspecified atom stereocenters. The number of pyridine rings is 1. The molecular weight excluding hydrogens is 233 g/mol. The van der Waals surface area contributed by atoms with Crippen molar-refractivity contribution in [3.63, 3.8) is 0 Å². The Hall–Kier alpha value is -1.11. The number of aromatic amines is 1. The number of aliphatic hydroxyl groups excluding tert-OH is 1. The van der Waals surface area contributed by atoms with Gasteiger partial charge in [-0.3, -0.25) is 4.79 Å². The van der Waals surface area contributed by atoms with Crippen LogP contribution in [0.5, 0.6) is 0 Å². The Morgan fingerprint density at radius 2 is 1.83 bits per heavy atom. The van der Waals surface area contributed by atoms with Crippen LogP contribution in [0.1, 0.15) is 33.3 Å². The second-order valence-corrected chi connectivity index (χ2v) is 5.52. The van der Waals surface area contributed by atoms with E-state index in [0.717, 1.165) is 0 Å². The van der Waals surface area contributed by atoms with Gasteiger partial charge in [-0.05, 0) is 38.7 Å². The van der Waals surface area contributed by atoms with Crippen molar-refractivity contribution in [3.8, 4) is 0 Å². The molecule has 0 spiro atoms. The highest BCUT2D eigenvalue weighted by atomic mass is 16.7. The van der Waals surface area contributed by atoms with Crippen molar-refractivity contribution in [3.05, 3.63) is 28.2 Å². The summed E-state index contributed by atoms with van der Waals surface area (Å²) in [4.78, 5) is 13.9. The highest BCUT2D eigenvalue weighted by Crippen LogP contribution is 2.36. The molecule has 0 aromatic carbocycles. The van der Waals surface area contributed by atoms with Gasteiger partial charge in [-0.1, -0.05) is 0 Å². The monoisotopic (exact) mass is 251 g/mol. The Morgan fingerprint density at radius 3 is 2.33 bits per heavy atom. The first-order chi connectivity index (χ1) is 8.27. The maximum absolute atomic E-state index is 11.4. The van der Waals surface area contributed by atoms with E-state index in [1.807, 2.05) is 27.7 Å². The lowest BCUT2D eigenvalue weighted by Crippen LogP contribution is -2.41. The van der Waals surface area contributed by atoms with E-state index in [0.29, 0.717) is 11.0 Å². The second kappa shape index (κ2) is 4.22. The van der Waals surface area contributed by atoms with Crippen molar-refractivity contribution >= 4 is 12.6 Å². The van der Waals surface area contributed by atoms with Crippen LogP contribution in [-0.2, 0) is 15.9 Å². The van der Waals surface area contributed by atoms with Gasteiger partial charge < -0.3 is 19.4 Å². The average molecular weight is 251 g/mol. The molecule has 6 heteroatoms. The number of nitrogens with one attached hydrogen (secondary N) is 1. The van der Waals surface area contributed by atoms with Gasteiger partial charge in [-0.25, -0.2) is 0 Å². The molecule has 1 aromatic heterocycles. The Balaban J connectivity index is 2.40. The second-order valence-electron chi connectivity index (χ2n) is 5.52. The molecule has 0 bridgehead atoms. The van der Waals surface area contributed by atoms with Gasteiger partial charge in [0.25, 0.3) is 0 Å². The van der Waals surface area contributed by atoms with E-state index in [2.05, 4.69) is 4.98 Å². The lowest BCUT2D eigenvalue weighted by Gasteiger charge is -2.32. The van der Waals surface area contributed by atoms with Crippen molar-refractivity contribution < 1.29 is 14.4 Å². The molecule has 1 fully saturated rings. The SMILES string of the molecule is CC1(C)OB(c2cc(=O)[nH]cc2CO)OC1(C)C. The molecule has 0 saturated carbocycles. The Bertz CT molecular complexity index is 493. The van der Waals surface area contributed by atoms with Crippen LogP contribution in [0.3, 0.4) is 0 Å².